The number of rotatable bonds is 8. The highest BCUT2D eigenvalue weighted by Gasteiger charge is 2.33. The Kier molecular flexibility index (Phi) is 6.36. The van der Waals surface area contributed by atoms with E-state index in [0.717, 1.165) is 13.0 Å². The van der Waals surface area contributed by atoms with Crippen LogP contribution < -0.4 is 15.4 Å². The molecule has 3 N–H and O–H groups in total. The van der Waals surface area contributed by atoms with E-state index >= 15 is 0 Å². The molecular formula is C16H24N4O4. The summed E-state index contributed by atoms with van der Waals surface area (Å²) in [7, 11) is 0. The number of nitro groups is 1. The first-order valence-corrected chi connectivity index (χ1v) is 8.09. The van der Waals surface area contributed by atoms with Gasteiger partial charge in [0.15, 0.2) is 5.96 Å². The monoisotopic (exact) mass is 336 g/mol. The molecule has 132 valence electrons. The van der Waals surface area contributed by atoms with E-state index in [0.29, 0.717) is 23.7 Å². The second kappa shape index (κ2) is 8.49. The molecule has 1 fully saturated rings. The zero-order valence-electron chi connectivity index (χ0n) is 13.9. The minimum absolute atomic E-state index is 0.00292. The molecule has 1 aliphatic carbocycles. The molecule has 1 aliphatic rings. The van der Waals surface area contributed by atoms with E-state index in [2.05, 4.69) is 22.5 Å². The first-order chi connectivity index (χ1) is 11.5. The average molecular weight is 336 g/mol. The molecule has 0 heterocycles. The largest absolute Gasteiger partial charge is 0.491 e. The summed E-state index contributed by atoms with van der Waals surface area (Å²) in [5.41, 5.74) is 0.00292. The fraction of sp³-hybridized carbons (Fsp3) is 0.562. The smallest absolute Gasteiger partial charge is 0.269 e. The van der Waals surface area contributed by atoms with E-state index < -0.39 is 11.0 Å². The van der Waals surface area contributed by atoms with Crippen molar-refractivity contribution in [3.8, 4) is 5.75 Å². The molecule has 3 unspecified atom stereocenters. The maximum atomic E-state index is 10.6. The molecule has 1 saturated carbocycles. The van der Waals surface area contributed by atoms with Gasteiger partial charge in [-0.2, -0.15) is 0 Å². The van der Waals surface area contributed by atoms with Crippen LogP contribution in [-0.4, -0.2) is 47.8 Å². The lowest BCUT2D eigenvalue weighted by Crippen LogP contribution is -2.40. The molecule has 8 heteroatoms. The number of aliphatic hydroxyl groups is 1. The lowest BCUT2D eigenvalue weighted by atomic mass is 10.3. The number of aliphatic imine (C=N–C) groups is 1. The number of nitrogens with zero attached hydrogens (tertiary/aromatic N) is 2. The van der Waals surface area contributed by atoms with Gasteiger partial charge >= 0.3 is 0 Å². The minimum Gasteiger partial charge on any atom is -0.491 e. The van der Waals surface area contributed by atoms with Crippen molar-refractivity contribution in [1.29, 1.82) is 0 Å². The zero-order valence-corrected chi connectivity index (χ0v) is 13.9. The van der Waals surface area contributed by atoms with Gasteiger partial charge in [-0.15, -0.1) is 0 Å². The molecule has 0 radical (unpaired) electrons. The number of aliphatic hydroxyl groups excluding tert-OH is 1. The van der Waals surface area contributed by atoms with Gasteiger partial charge in [-0.3, -0.25) is 15.1 Å². The summed E-state index contributed by atoms with van der Waals surface area (Å²) in [5.74, 6) is 1.82. The van der Waals surface area contributed by atoms with Crippen LogP contribution in [0.1, 0.15) is 20.3 Å². The highest BCUT2D eigenvalue weighted by molar-refractivity contribution is 5.80. The zero-order chi connectivity index (χ0) is 17.5. The van der Waals surface area contributed by atoms with Crippen LogP contribution in [0.4, 0.5) is 5.69 Å². The SMILES string of the molecule is CCNC(=NCC(O)COc1ccc([N+](=O)[O-])cc1)NC1CC1C. The number of nitro benzene ring substituents is 1. The van der Waals surface area contributed by atoms with Crippen molar-refractivity contribution in [2.75, 3.05) is 19.7 Å². The average Bonchev–Trinajstić information content (AvgIpc) is 3.26. The highest BCUT2D eigenvalue weighted by Crippen LogP contribution is 2.28. The molecule has 2 rings (SSSR count). The van der Waals surface area contributed by atoms with E-state index in [9.17, 15) is 15.2 Å². The summed E-state index contributed by atoms with van der Waals surface area (Å²) < 4.78 is 5.42. The molecule has 0 amide bonds. The number of hydrogen-bond donors (Lipinski definition) is 3. The van der Waals surface area contributed by atoms with E-state index in [1.54, 1.807) is 0 Å². The van der Waals surface area contributed by atoms with Gasteiger partial charge < -0.3 is 20.5 Å². The van der Waals surface area contributed by atoms with Gasteiger partial charge in [0.1, 0.15) is 18.5 Å². The Morgan fingerprint density at radius 1 is 1.50 bits per heavy atom. The van der Waals surface area contributed by atoms with Crippen molar-refractivity contribution in [1.82, 2.24) is 10.6 Å². The first kappa shape index (κ1) is 18.0. The predicted octanol–water partition coefficient (Wildman–Crippen LogP) is 1.30. The van der Waals surface area contributed by atoms with Gasteiger partial charge in [-0.05, 0) is 31.4 Å². The second-order valence-corrected chi connectivity index (χ2v) is 5.90. The maximum absolute atomic E-state index is 10.6. The fourth-order valence-electron chi connectivity index (χ4n) is 2.12. The number of non-ortho nitro benzene ring substituents is 1. The molecule has 0 bridgehead atoms. The number of hydrogen-bond acceptors (Lipinski definition) is 5. The van der Waals surface area contributed by atoms with Crippen molar-refractivity contribution in [2.24, 2.45) is 10.9 Å². The third-order valence-electron chi connectivity index (χ3n) is 3.73. The number of nitrogens with one attached hydrogen (secondary N) is 2. The summed E-state index contributed by atoms with van der Waals surface area (Å²) in [6.07, 6.45) is 0.378. The lowest BCUT2D eigenvalue weighted by molar-refractivity contribution is -0.384. The minimum atomic E-state index is -0.757. The molecule has 0 aromatic heterocycles. The maximum Gasteiger partial charge on any atom is 0.269 e. The van der Waals surface area contributed by atoms with Crippen molar-refractivity contribution in [3.05, 3.63) is 34.4 Å². The van der Waals surface area contributed by atoms with Crippen LogP contribution in [0.5, 0.6) is 5.75 Å². The van der Waals surface area contributed by atoms with Crippen LogP contribution in [0.25, 0.3) is 0 Å². The predicted molar refractivity (Wildman–Crippen MR) is 91.3 cm³/mol. The number of ether oxygens (including phenoxy) is 1. The molecule has 8 nitrogen and oxygen atoms in total. The lowest BCUT2D eigenvalue weighted by Gasteiger charge is -2.13. The van der Waals surface area contributed by atoms with E-state index in [4.69, 9.17) is 4.74 Å². The second-order valence-electron chi connectivity index (χ2n) is 5.90. The molecule has 1 aromatic carbocycles. The normalized spacial score (nSPS) is 21.0. The summed E-state index contributed by atoms with van der Waals surface area (Å²) in [4.78, 5) is 14.5. The van der Waals surface area contributed by atoms with Crippen molar-refractivity contribution in [3.63, 3.8) is 0 Å². The third-order valence-corrected chi connectivity index (χ3v) is 3.73. The van der Waals surface area contributed by atoms with Crippen LogP contribution in [0.15, 0.2) is 29.3 Å². The molecule has 0 spiro atoms. The Hall–Kier alpha value is -2.35. The van der Waals surface area contributed by atoms with Gasteiger partial charge in [-0.1, -0.05) is 6.92 Å². The molecular weight excluding hydrogens is 312 g/mol. The van der Waals surface area contributed by atoms with Gasteiger partial charge in [-0.25, -0.2) is 0 Å². The molecule has 0 aliphatic heterocycles. The fourth-order valence-corrected chi connectivity index (χ4v) is 2.12. The van der Waals surface area contributed by atoms with Gasteiger partial charge in [0.05, 0.1) is 11.5 Å². The van der Waals surface area contributed by atoms with E-state index in [1.165, 1.54) is 24.3 Å². The van der Waals surface area contributed by atoms with Crippen LogP contribution in [0, 0.1) is 16.0 Å². The van der Waals surface area contributed by atoms with Crippen molar-refractivity contribution < 1.29 is 14.8 Å². The van der Waals surface area contributed by atoms with Crippen LogP contribution in [-0.2, 0) is 0 Å². The van der Waals surface area contributed by atoms with Gasteiger partial charge in [0, 0.05) is 24.7 Å². The van der Waals surface area contributed by atoms with Crippen LogP contribution in [0.2, 0.25) is 0 Å². The standard InChI is InChI=1S/C16H24N4O4/c1-3-17-16(19-15-8-11(15)2)18-9-13(21)10-24-14-6-4-12(5-7-14)20(22)23/h4-7,11,13,15,21H,3,8-10H2,1-2H3,(H2,17,18,19). The van der Waals surface area contributed by atoms with Gasteiger partial charge in [0.25, 0.3) is 5.69 Å². The van der Waals surface area contributed by atoms with Gasteiger partial charge in [0.2, 0.25) is 0 Å². The summed E-state index contributed by atoms with van der Waals surface area (Å²) >= 11 is 0. The summed E-state index contributed by atoms with van der Waals surface area (Å²) in [6, 6.07) is 6.20. The molecule has 1 aromatic rings. The Balaban J connectivity index is 1.77. The quantitative estimate of drug-likeness (QED) is 0.286. The topological polar surface area (TPSA) is 109 Å². The van der Waals surface area contributed by atoms with Crippen LogP contribution >= 0.6 is 0 Å². The van der Waals surface area contributed by atoms with Crippen molar-refractivity contribution in [2.45, 2.75) is 32.4 Å². The number of guanidine groups is 1. The van der Waals surface area contributed by atoms with Crippen molar-refractivity contribution >= 4 is 11.6 Å². The Morgan fingerprint density at radius 3 is 2.71 bits per heavy atom. The highest BCUT2D eigenvalue weighted by atomic mass is 16.6. The Bertz CT molecular complexity index is 576. The first-order valence-electron chi connectivity index (χ1n) is 8.09. The summed E-state index contributed by atoms with van der Waals surface area (Å²) in [6.45, 7) is 5.20. The van der Waals surface area contributed by atoms with E-state index in [1.807, 2.05) is 6.92 Å². The number of benzene rings is 1. The third kappa shape index (κ3) is 5.69. The van der Waals surface area contributed by atoms with E-state index in [-0.39, 0.29) is 18.8 Å². The Morgan fingerprint density at radius 2 is 2.17 bits per heavy atom. The molecule has 24 heavy (non-hydrogen) atoms. The molecule has 0 saturated heterocycles. The Labute approximate surface area is 141 Å². The molecule has 3 atom stereocenters. The van der Waals surface area contributed by atoms with Crippen LogP contribution in [0.3, 0.4) is 0 Å². The summed E-state index contributed by atoms with van der Waals surface area (Å²) in [5, 5.41) is 27.0.